The van der Waals surface area contributed by atoms with Gasteiger partial charge in [-0.2, -0.15) is 0 Å². The highest BCUT2D eigenvalue weighted by Gasteiger charge is 2.17. The number of hydrogen-bond donors (Lipinski definition) is 1. The van der Waals surface area contributed by atoms with E-state index in [9.17, 15) is 9.90 Å². The molecule has 0 spiro atoms. The first-order valence-corrected chi connectivity index (χ1v) is 6.68. The van der Waals surface area contributed by atoms with E-state index < -0.39 is 18.4 Å². The van der Waals surface area contributed by atoms with Crippen LogP contribution in [0.15, 0.2) is 54.6 Å². The fourth-order valence-electron chi connectivity index (χ4n) is 1.93. The molecule has 0 bridgehead atoms. The average Bonchev–Trinajstić information content (AvgIpc) is 2.53. The van der Waals surface area contributed by atoms with Crippen LogP contribution in [-0.2, 0) is 9.47 Å². The molecule has 110 valence electrons. The van der Waals surface area contributed by atoms with Crippen LogP contribution in [0, 0.1) is 0 Å². The summed E-state index contributed by atoms with van der Waals surface area (Å²) in [5.74, 6) is -0.470. The zero-order chi connectivity index (χ0) is 15.2. The quantitative estimate of drug-likeness (QED) is 0.677. The molecule has 2 aromatic rings. The number of methoxy groups -OCH3 is 1. The molecule has 2 aromatic carbocycles. The Morgan fingerprint density at radius 3 is 2.14 bits per heavy atom. The van der Waals surface area contributed by atoms with Gasteiger partial charge in [0.25, 0.3) is 0 Å². The third kappa shape index (κ3) is 3.90. The van der Waals surface area contributed by atoms with Gasteiger partial charge in [0.1, 0.15) is 0 Å². The van der Waals surface area contributed by atoms with Gasteiger partial charge in [-0.25, -0.2) is 4.79 Å². The lowest BCUT2D eigenvalue weighted by Crippen LogP contribution is -2.13. The summed E-state index contributed by atoms with van der Waals surface area (Å²) in [6.45, 7) is 1.67. The number of carbonyl (C=O) groups excluding carboxylic acids is 1. The summed E-state index contributed by atoms with van der Waals surface area (Å²) in [5, 5.41) is 9.45. The maximum Gasteiger partial charge on any atom is 0.340 e. The zero-order valence-corrected chi connectivity index (χ0v) is 12.0. The van der Waals surface area contributed by atoms with Crippen LogP contribution in [0.25, 0.3) is 0 Å². The number of esters is 1. The first kappa shape index (κ1) is 15.2. The summed E-state index contributed by atoms with van der Waals surface area (Å²) >= 11 is 0. The Morgan fingerprint density at radius 2 is 1.62 bits per heavy atom. The lowest BCUT2D eigenvalue weighted by Gasteiger charge is -2.16. The van der Waals surface area contributed by atoms with E-state index in [0.29, 0.717) is 5.56 Å². The molecule has 21 heavy (non-hydrogen) atoms. The highest BCUT2D eigenvalue weighted by Crippen LogP contribution is 2.20. The van der Waals surface area contributed by atoms with Gasteiger partial charge in [-0.1, -0.05) is 42.5 Å². The number of benzene rings is 2. The van der Waals surface area contributed by atoms with Gasteiger partial charge in [-0.05, 0) is 24.6 Å². The number of aliphatic hydroxyl groups excluding tert-OH is 1. The molecule has 0 aliphatic rings. The Bertz CT molecular complexity index is 575. The predicted molar refractivity (Wildman–Crippen MR) is 78.7 cm³/mol. The number of rotatable bonds is 5. The van der Waals surface area contributed by atoms with Crippen LogP contribution in [0.2, 0.25) is 0 Å². The van der Waals surface area contributed by atoms with Crippen molar-refractivity contribution in [3.63, 3.8) is 0 Å². The van der Waals surface area contributed by atoms with E-state index >= 15 is 0 Å². The molecule has 0 radical (unpaired) electrons. The van der Waals surface area contributed by atoms with Crippen molar-refractivity contribution < 1.29 is 19.4 Å². The van der Waals surface area contributed by atoms with Crippen LogP contribution >= 0.6 is 0 Å². The Labute approximate surface area is 123 Å². The molecule has 0 saturated carbocycles. The molecule has 0 aliphatic carbocycles. The van der Waals surface area contributed by atoms with Crippen molar-refractivity contribution in [2.24, 2.45) is 0 Å². The van der Waals surface area contributed by atoms with E-state index in [1.807, 2.05) is 30.3 Å². The minimum Gasteiger partial charge on any atom is -0.428 e. The van der Waals surface area contributed by atoms with E-state index in [1.165, 1.54) is 7.11 Å². The van der Waals surface area contributed by atoms with Gasteiger partial charge < -0.3 is 14.6 Å². The van der Waals surface area contributed by atoms with Crippen LogP contribution in [-0.4, -0.2) is 18.2 Å². The van der Waals surface area contributed by atoms with Gasteiger partial charge in [0.2, 0.25) is 6.29 Å². The van der Waals surface area contributed by atoms with E-state index in [0.717, 1.165) is 11.1 Å². The summed E-state index contributed by atoms with van der Waals surface area (Å²) in [6, 6.07) is 15.9. The highest BCUT2D eigenvalue weighted by atomic mass is 16.7. The molecule has 2 unspecified atom stereocenters. The van der Waals surface area contributed by atoms with Crippen LogP contribution in [0.3, 0.4) is 0 Å². The molecular weight excluding hydrogens is 268 g/mol. The monoisotopic (exact) mass is 286 g/mol. The molecule has 0 aliphatic heterocycles. The van der Waals surface area contributed by atoms with E-state index in [4.69, 9.17) is 9.47 Å². The maximum absolute atomic E-state index is 12.1. The van der Waals surface area contributed by atoms with E-state index in [-0.39, 0.29) is 0 Å². The average molecular weight is 286 g/mol. The summed E-state index contributed by atoms with van der Waals surface area (Å²) in [7, 11) is 1.49. The lowest BCUT2D eigenvalue weighted by molar-refractivity contribution is -0.0927. The van der Waals surface area contributed by atoms with Crippen molar-refractivity contribution in [1.29, 1.82) is 0 Å². The zero-order valence-electron chi connectivity index (χ0n) is 12.0. The fraction of sp³-hybridized carbons (Fsp3) is 0.235. The van der Waals surface area contributed by atoms with Gasteiger partial charge in [0.05, 0.1) is 11.7 Å². The molecule has 4 nitrogen and oxygen atoms in total. The normalized spacial score (nSPS) is 13.5. The summed E-state index contributed by atoms with van der Waals surface area (Å²) in [4.78, 5) is 12.1. The van der Waals surface area contributed by atoms with Crippen molar-refractivity contribution in [3.8, 4) is 0 Å². The second-order valence-corrected chi connectivity index (χ2v) is 4.68. The van der Waals surface area contributed by atoms with Crippen molar-refractivity contribution in [2.45, 2.75) is 19.3 Å². The molecular formula is C17H18O4. The molecule has 0 amide bonds. The first-order chi connectivity index (χ1) is 10.1. The lowest BCUT2D eigenvalue weighted by atomic mass is 10.1. The van der Waals surface area contributed by atoms with Gasteiger partial charge in [-0.3, -0.25) is 0 Å². The minimum absolute atomic E-state index is 0.414. The van der Waals surface area contributed by atoms with Crippen molar-refractivity contribution in [3.05, 3.63) is 71.3 Å². The van der Waals surface area contributed by atoms with Crippen LogP contribution in [0.5, 0.6) is 0 Å². The SMILES string of the molecule is COC(OC(=O)c1ccc(C(C)O)cc1)c1ccccc1. The largest absolute Gasteiger partial charge is 0.428 e. The smallest absolute Gasteiger partial charge is 0.340 e. The van der Waals surface area contributed by atoms with Crippen molar-refractivity contribution in [2.75, 3.05) is 7.11 Å². The van der Waals surface area contributed by atoms with E-state index in [1.54, 1.807) is 31.2 Å². The highest BCUT2D eigenvalue weighted by molar-refractivity contribution is 5.89. The maximum atomic E-state index is 12.1. The minimum atomic E-state index is -0.741. The molecule has 2 rings (SSSR count). The molecule has 4 heteroatoms. The molecule has 2 atom stereocenters. The second-order valence-electron chi connectivity index (χ2n) is 4.68. The number of aliphatic hydroxyl groups is 1. The molecule has 0 aromatic heterocycles. The van der Waals surface area contributed by atoms with Gasteiger partial charge >= 0.3 is 5.97 Å². The third-order valence-corrected chi connectivity index (χ3v) is 3.13. The Hall–Kier alpha value is -2.17. The number of hydrogen-bond acceptors (Lipinski definition) is 4. The first-order valence-electron chi connectivity index (χ1n) is 6.68. The molecule has 0 saturated heterocycles. The Kier molecular flexibility index (Phi) is 5.09. The molecule has 0 heterocycles. The van der Waals surface area contributed by atoms with Crippen molar-refractivity contribution in [1.82, 2.24) is 0 Å². The summed E-state index contributed by atoms with van der Waals surface area (Å²) < 4.78 is 10.6. The topological polar surface area (TPSA) is 55.8 Å². The van der Waals surface area contributed by atoms with E-state index in [2.05, 4.69) is 0 Å². The Morgan fingerprint density at radius 1 is 1.00 bits per heavy atom. The summed E-state index contributed by atoms with van der Waals surface area (Å²) in [6.07, 6.45) is -1.30. The molecule has 0 fully saturated rings. The predicted octanol–water partition coefficient (Wildman–Crippen LogP) is 3.24. The Balaban J connectivity index is 2.09. The third-order valence-electron chi connectivity index (χ3n) is 3.13. The van der Waals surface area contributed by atoms with Crippen molar-refractivity contribution >= 4 is 5.97 Å². The van der Waals surface area contributed by atoms with Gasteiger partial charge in [0.15, 0.2) is 0 Å². The molecule has 1 N–H and O–H groups in total. The van der Waals surface area contributed by atoms with Gasteiger partial charge in [0, 0.05) is 12.7 Å². The number of ether oxygens (including phenoxy) is 2. The second kappa shape index (κ2) is 7.02. The number of carbonyl (C=O) groups is 1. The van der Waals surface area contributed by atoms with Crippen LogP contribution in [0.1, 0.15) is 40.8 Å². The van der Waals surface area contributed by atoms with Gasteiger partial charge in [-0.15, -0.1) is 0 Å². The van der Waals surface area contributed by atoms with Crippen LogP contribution in [0.4, 0.5) is 0 Å². The fourth-order valence-corrected chi connectivity index (χ4v) is 1.93. The standard InChI is InChI=1S/C17H18O4/c1-12(18)13-8-10-14(11-9-13)16(19)21-17(20-2)15-6-4-3-5-7-15/h3-12,17-18H,1-2H3. The summed E-state index contributed by atoms with van der Waals surface area (Å²) in [5.41, 5.74) is 1.93. The van der Waals surface area contributed by atoms with Crippen LogP contribution < -0.4 is 0 Å².